The van der Waals surface area contributed by atoms with Crippen LogP contribution in [0, 0.1) is 6.92 Å². The van der Waals surface area contributed by atoms with Crippen molar-refractivity contribution in [2.75, 3.05) is 6.54 Å². The second-order valence-electron chi connectivity index (χ2n) is 4.55. The summed E-state index contributed by atoms with van der Waals surface area (Å²) in [6, 6.07) is 14.1. The monoisotopic (exact) mass is 293 g/mol. The molecule has 0 amide bonds. The van der Waals surface area contributed by atoms with E-state index in [9.17, 15) is 0 Å². The van der Waals surface area contributed by atoms with E-state index in [1.807, 2.05) is 30.3 Å². The Kier molecular flexibility index (Phi) is 4.87. The van der Waals surface area contributed by atoms with Gasteiger partial charge in [-0.05, 0) is 54.4 Å². The summed E-state index contributed by atoms with van der Waals surface area (Å²) in [5.41, 5.74) is 3.58. The van der Waals surface area contributed by atoms with Crippen molar-refractivity contribution in [2.24, 2.45) is 0 Å². The van der Waals surface area contributed by atoms with E-state index < -0.39 is 0 Å². The smallest absolute Gasteiger partial charge is 0.0579 e. The molecule has 3 heteroatoms. The summed E-state index contributed by atoms with van der Waals surface area (Å²) in [5.74, 6) is 0. The number of benzene rings is 2. The molecule has 0 spiro atoms. The Morgan fingerprint density at radius 1 is 1.05 bits per heavy atom. The largest absolute Gasteiger partial charge is 0.307 e. The van der Waals surface area contributed by atoms with Gasteiger partial charge in [0.2, 0.25) is 0 Å². The highest BCUT2D eigenvalue weighted by molar-refractivity contribution is 6.31. The molecule has 2 aromatic carbocycles. The summed E-state index contributed by atoms with van der Waals surface area (Å²) in [6.07, 6.45) is 0. The molecule has 0 heterocycles. The summed E-state index contributed by atoms with van der Waals surface area (Å²) >= 11 is 12.1. The second kappa shape index (κ2) is 6.42. The molecule has 0 radical (unpaired) electrons. The van der Waals surface area contributed by atoms with Gasteiger partial charge in [-0.2, -0.15) is 0 Å². The van der Waals surface area contributed by atoms with E-state index in [0.717, 1.165) is 16.6 Å². The van der Waals surface area contributed by atoms with Gasteiger partial charge in [-0.3, -0.25) is 0 Å². The first-order chi connectivity index (χ1) is 9.11. The molecule has 0 aliphatic carbocycles. The summed E-state index contributed by atoms with van der Waals surface area (Å²) < 4.78 is 0. The van der Waals surface area contributed by atoms with E-state index in [1.165, 1.54) is 16.7 Å². The molecule has 0 saturated heterocycles. The lowest BCUT2D eigenvalue weighted by Crippen LogP contribution is -2.22. The lowest BCUT2D eigenvalue weighted by molar-refractivity contribution is 0.628. The highest BCUT2D eigenvalue weighted by Gasteiger charge is 2.15. The number of aryl methyl sites for hydroxylation is 1. The molecule has 1 nitrogen and oxygen atoms in total. The molecule has 0 aromatic heterocycles. The van der Waals surface area contributed by atoms with E-state index in [4.69, 9.17) is 23.2 Å². The standard InChI is InChI=1S/C16H17Cl2N/c1-3-19-16(12-5-4-6-13(17)10-12)15-8-7-14(18)9-11(15)2/h4-10,16,19H,3H2,1-2H3. The fourth-order valence-electron chi connectivity index (χ4n) is 2.26. The van der Waals surface area contributed by atoms with Crippen LogP contribution >= 0.6 is 23.2 Å². The molecule has 0 aliphatic heterocycles. The van der Waals surface area contributed by atoms with Crippen LogP contribution in [0.4, 0.5) is 0 Å². The minimum absolute atomic E-state index is 0.140. The molecule has 100 valence electrons. The molecule has 2 rings (SSSR count). The van der Waals surface area contributed by atoms with Gasteiger partial charge in [0.05, 0.1) is 6.04 Å². The first-order valence-electron chi connectivity index (χ1n) is 6.36. The van der Waals surface area contributed by atoms with Gasteiger partial charge in [0, 0.05) is 10.0 Å². The Bertz CT molecular complexity index is 566. The minimum Gasteiger partial charge on any atom is -0.307 e. The van der Waals surface area contributed by atoms with E-state index in [2.05, 4.69) is 31.3 Å². The van der Waals surface area contributed by atoms with Crippen LogP contribution in [-0.4, -0.2) is 6.54 Å². The quantitative estimate of drug-likeness (QED) is 0.836. The Morgan fingerprint density at radius 2 is 1.79 bits per heavy atom. The molecule has 1 N–H and O–H groups in total. The van der Waals surface area contributed by atoms with Crippen molar-refractivity contribution < 1.29 is 0 Å². The topological polar surface area (TPSA) is 12.0 Å². The Morgan fingerprint density at radius 3 is 2.42 bits per heavy atom. The van der Waals surface area contributed by atoms with E-state index in [0.29, 0.717) is 0 Å². The van der Waals surface area contributed by atoms with Crippen LogP contribution in [0.2, 0.25) is 10.0 Å². The Hall–Kier alpha value is -1.02. The van der Waals surface area contributed by atoms with Gasteiger partial charge >= 0.3 is 0 Å². The lowest BCUT2D eigenvalue weighted by atomic mass is 9.95. The average Bonchev–Trinajstić information content (AvgIpc) is 2.37. The molecule has 0 fully saturated rings. The van der Waals surface area contributed by atoms with Gasteiger partial charge in [-0.1, -0.05) is 48.3 Å². The van der Waals surface area contributed by atoms with Crippen LogP contribution in [0.3, 0.4) is 0 Å². The van der Waals surface area contributed by atoms with Gasteiger partial charge in [0.25, 0.3) is 0 Å². The first kappa shape index (κ1) is 14.4. The average molecular weight is 294 g/mol. The van der Waals surface area contributed by atoms with Crippen molar-refractivity contribution in [3.8, 4) is 0 Å². The van der Waals surface area contributed by atoms with Crippen LogP contribution in [-0.2, 0) is 0 Å². The highest BCUT2D eigenvalue weighted by atomic mass is 35.5. The molecule has 0 aliphatic rings. The molecule has 1 atom stereocenters. The number of halogens is 2. The third-order valence-corrected chi connectivity index (χ3v) is 3.60. The maximum atomic E-state index is 6.09. The molecular weight excluding hydrogens is 277 g/mol. The predicted molar refractivity (Wildman–Crippen MR) is 83.2 cm³/mol. The van der Waals surface area contributed by atoms with Crippen LogP contribution < -0.4 is 5.32 Å². The zero-order valence-corrected chi connectivity index (χ0v) is 12.6. The van der Waals surface area contributed by atoms with Crippen LogP contribution in [0.25, 0.3) is 0 Å². The van der Waals surface area contributed by atoms with Gasteiger partial charge in [-0.15, -0.1) is 0 Å². The first-order valence-corrected chi connectivity index (χ1v) is 7.12. The number of hydrogen-bond donors (Lipinski definition) is 1. The van der Waals surface area contributed by atoms with Crippen molar-refractivity contribution in [1.82, 2.24) is 5.32 Å². The zero-order valence-electron chi connectivity index (χ0n) is 11.1. The second-order valence-corrected chi connectivity index (χ2v) is 5.42. The van der Waals surface area contributed by atoms with Gasteiger partial charge < -0.3 is 5.32 Å². The zero-order chi connectivity index (χ0) is 13.8. The van der Waals surface area contributed by atoms with E-state index >= 15 is 0 Å². The van der Waals surface area contributed by atoms with Crippen LogP contribution in [0.1, 0.15) is 29.7 Å². The summed E-state index contributed by atoms with van der Waals surface area (Å²) in [7, 11) is 0. The van der Waals surface area contributed by atoms with Crippen molar-refractivity contribution in [3.63, 3.8) is 0 Å². The van der Waals surface area contributed by atoms with Gasteiger partial charge in [0.15, 0.2) is 0 Å². The molecule has 1 unspecified atom stereocenters. The summed E-state index contributed by atoms with van der Waals surface area (Å²) in [6.45, 7) is 5.07. The molecule has 19 heavy (non-hydrogen) atoms. The highest BCUT2D eigenvalue weighted by Crippen LogP contribution is 2.28. The van der Waals surface area contributed by atoms with Crippen molar-refractivity contribution in [2.45, 2.75) is 19.9 Å². The fraction of sp³-hybridized carbons (Fsp3) is 0.250. The van der Waals surface area contributed by atoms with Crippen LogP contribution in [0.5, 0.6) is 0 Å². The molecule has 0 bridgehead atoms. The minimum atomic E-state index is 0.140. The molecule has 0 saturated carbocycles. The predicted octanol–water partition coefficient (Wildman–Crippen LogP) is 5.00. The third-order valence-electron chi connectivity index (χ3n) is 3.13. The number of hydrogen-bond acceptors (Lipinski definition) is 1. The Labute approximate surface area is 124 Å². The molecule has 2 aromatic rings. The molecular formula is C16H17Cl2N. The SMILES string of the molecule is CCNC(c1cccc(Cl)c1)c1ccc(Cl)cc1C. The van der Waals surface area contributed by atoms with Crippen molar-refractivity contribution in [1.29, 1.82) is 0 Å². The van der Waals surface area contributed by atoms with Gasteiger partial charge in [-0.25, -0.2) is 0 Å². The third kappa shape index (κ3) is 3.50. The van der Waals surface area contributed by atoms with E-state index in [1.54, 1.807) is 0 Å². The van der Waals surface area contributed by atoms with Crippen molar-refractivity contribution >= 4 is 23.2 Å². The number of rotatable bonds is 4. The maximum Gasteiger partial charge on any atom is 0.0579 e. The van der Waals surface area contributed by atoms with Crippen LogP contribution in [0.15, 0.2) is 42.5 Å². The van der Waals surface area contributed by atoms with E-state index in [-0.39, 0.29) is 6.04 Å². The van der Waals surface area contributed by atoms with Crippen molar-refractivity contribution in [3.05, 3.63) is 69.2 Å². The summed E-state index contributed by atoms with van der Waals surface area (Å²) in [5, 5.41) is 5.02. The fourth-order valence-corrected chi connectivity index (χ4v) is 2.69. The normalized spacial score (nSPS) is 12.4. The lowest BCUT2D eigenvalue weighted by Gasteiger charge is -2.21. The maximum absolute atomic E-state index is 6.09. The Balaban J connectivity index is 2.45. The summed E-state index contributed by atoms with van der Waals surface area (Å²) in [4.78, 5) is 0. The number of nitrogens with one attached hydrogen (secondary N) is 1. The van der Waals surface area contributed by atoms with Gasteiger partial charge in [0.1, 0.15) is 0 Å².